The molecule has 0 heterocycles. The average molecular weight is 457 g/mol. The van der Waals surface area contributed by atoms with Crippen molar-refractivity contribution in [3.63, 3.8) is 0 Å². The first-order chi connectivity index (χ1) is 14.7. The lowest BCUT2D eigenvalue weighted by atomic mass is 10.1. The van der Waals surface area contributed by atoms with Crippen molar-refractivity contribution >= 4 is 44.6 Å². The molecular formula is C23H21ClN2O4S. The highest BCUT2D eigenvalue weighted by molar-refractivity contribution is 7.91. The molecule has 0 saturated heterocycles. The maximum absolute atomic E-state index is 12.6. The number of rotatable bonds is 7. The number of aryl methyl sites for hydroxylation is 1. The van der Waals surface area contributed by atoms with E-state index in [0.29, 0.717) is 16.4 Å². The molecule has 160 valence electrons. The van der Waals surface area contributed by atoms with Gasteiger partial charge in [-0.15, -0.1) is 0 Å². The van der Waals surface area contributed by atoms with E-state index in [1.54, 1.807) is 60.7 Å². The Balaban J connectivity index is 1.65. The van der Waals surface area contributed by atoms with Gasteiger partial charge in [0.15, 0.2) is 9.84 Å². The van der Waals surface area contributed by atoms with Crippen molar-refractivity contribution in [1.29, 1.82) is 0 Å². The van der Waals surface area contributed by atoms with Crippen LogP contribution in [0.1, 0.15) is 22.3 Å². The summed E-state index contributed by atoms with van der Waals surface area (Å²) in [6.45, 7) is 1.87. The van der Waals surface area contributed by atoms with Gasteiger partial charge in [0, 0.05) is 17.1 Å². The summed E-state index contributed by atoms with van der Waals surface area (Å²) in [6, 6.07) is 19.6. The van der Waals surface area contributed by atoms with Crippen LogP contribution in [0.4, 0.5) is 11.4 Å². The van der Waals surface area contributed by atoms with Gasteiger partial charge in [-0.1, -0.05) is 41.4 Å². The zero-order chi connectivity index (χ0) is 22.4. The molecule has 31 heavy (non-hydrogen) atoms. The molecule has 0 aromatic heterocycles. The number of anilines is 2. The zero-order valence-electron chi connectivity index (χ0n) is 16.8. The van der Waals surface area contributed by atoms with Crippen molar-refractivity contribution in [3.05, 3.63) is 88.9 Å². The fourth-order valence-electron chi connectivity index (χ4n) is 2.82. The van der Waals surface area contributed by atoms with Crippen LogP contribution in [-0.4, -0.2) is 26.0 Å². The maximum atomic E-state index is 12.6. The first-order valence-corrected chi connectivity index (χ1v) is 11.5. The molecule has 2 amide bonds. The Morgan fingerprint density at radius 3 is 2.19 bits per heavy atom. The third kappa shape index (κ3) is 6.16. The smallest absolute Gasteiger partial charge is 0.257 e. The van der Waals surface area contributed by atoms with E-state index in [9.17, 15) is 18.0 Å². The SMILES string of the molecule is Cc1ccc(S(=O)(=O)CCC(=O)Nc2ccccc2C(=O)Nc2ccc(Cl)cc2)cc1. The lowest BCUT2D eigenvalue weighted by molar-refractivity contribution is -0.115. The molecule has 3 rings (SSSR count). The van der Waals surface area contributed by atoms with Crippen molar-refractivity contribution in [2.45, 2.75) is 18.2 Å². The van der Waals surface area contributed by atoms with E-state index < -0.39 is 21.7 Å². The van der Waals surface area contributed by atoms with Crippen LogP contribution in [0.2, 0.25) is 5.02 Å². The second kappa shape index (κ2) is 9.76. The number of carbonyl (C=O) groups is 2. The number of amides is 2. The van der Waals surface area contributed by atoms with Crippen LogP contribution >= 0.6 is 11.6 Å². The Morgan fingerprint density at radius 2 is 1.52 bits per heavy atom. The number of hydrogen-bond acceptors (Lipinski definition) is 4. The molecule has 0 atom stereocenters. The Morgan fingerprint density at radius 1 is 0.871 bits per heavy atom. The molecule has 0 saturated carbocycles. The van der Waals surface area contributed by atoms with Gasteiger partial charge in [-0.3, -0.25) is 9.59 Å². The fraction of sp³-hybridized carbons (Fsp3) is 0.130. The summed E-state index contributed by atoms with van der Waals surface area (Å²) in [5, 5.41) is 5.92. The summed E-state index contributed by atoms with van der Waals surface area (Å²) in [5.41, 5.74) is 2.06. The van der Waals surface area contributed by atoms with Crippen LogP contribution in [0.15, 0.2) is 77.7 Å². The number of hydrogen-bond donors (Lipinski definition) is 2. The number of carbonyl (C=O) groups excluding carboxylic acids is 2. The number of benzene rings is 3. The first kappa shape index (κ1) is 22.5. The molecule has 0 aliphatic rings. The molecule has 0 bridgehead atoms. The van der Waals surface area contributed by atoms with Crippen molar-refractivity contribution in [2.75, 3.05) is 16.4 Å². The molecule has 2 N–H and O–H groups in total. The molecule has 0 spiro atoms. The van der Waals surface area contributed by atoms with Crippen LogP contribution in [0.25, 0.3) is 0 Å². The number of halogens is 1. The van der Waals surface area contributed by atoms with E-state index in [1.165, 1.54) is 12.1 Å². The zero-order valence-corrected chi connectivity index (χ0v) is 18.3. The van der Waals surface area contributed by atoms with Crippen molar-refractivity contribution in [3.8, 4) is 0 Å². The molecule has 8 heteroatoms. The third-order valence-electron chi connectivity index (χ3n) is 4.53. The standard InChI is InChI=1S/C23H21ClN2O4S/c1-16-6-12-19(13-7-16)31(29,30)15-14-22(27)26-21-5-3-2-4-20(21)23(28)25-18-10-8-17(24)9-11-18/h2-13H,14-15H2,1H3,(H,25,28)(H,26,27). The van der Waals surface area contributed by atoms with Crippen LogP contribution in [0.3, 0.4) is 0 Å². The second-order valence-electron chi connectivity index (χ2n) is 6.94. The predicted octanol–water partition coefficient (Wildman–Crippen LogP) is 4.70. The monoisotopic (exact) mass is 456 g/mol. The van der Waals surface area contributed by atoms with Gasteiger partial charge in [-0.2, -0.15) is 0 Å². The van der Waals surface area contributed by atoms with Gasteiger partial charge >= 0.3 is 0 Å². The Labute approximate surface area is 186 Å². The average Bonchev–Trinajstić information content (AvgIpc) is 2.75. The molecule has 0 aliphatic carbocycles. The Bertz CT molecular complexity index is 1190. The normalized spacial score (nSPS) is 11.0. The number of sulfone groups is 1. The quantitative estimate of drug-likeness (QED) is 0.538. The van der Waals surface area contributed by atoms with Crippen molar-refractivity contribution in [2.24, 2.45) is 0 Å². The van der Waals surface area contributed by atoms with Gasteiger partial charge in [-0.25, -0.2) is 8.42 Å². The Hall–Kier alpha value is -3.16. The lowest BCUT2D eigenvalue weighted by Crippen LogP contribution is -2.20. The van der Waals surface area contributed by atoms with Crippen LogP contribution in [0, 0.1) is 6.92 Å². The topological polar surface area (TPSA) is 92.3 Å². The number of para-hydroxylation sites is 1. The van der Waals surface area contributed by atoms with Crippen molar-refractivity contribution in [1.82, 2.24) is 0 Å². The second-order valence-corrected chi connectivity index (χ2v) is 9.48. The molecular weight excluding hydrogens is 436 g/mol. The molecule has 0 unspecified atom stereocenters. The van der Waals surface area contributed by atoms with Gasteiger partial charge in [0.25, 0.3) is 5.91 Å². The van der Waals surface area contributed by atoms with Gasteiger partial charge in [0.05, 0.1) is 21.9 Å². The Kier molecular flexibility index (Phi) is 7.09. The summed E-state index contributed by atoms with van der Waals surface area (Å²) < 4.78 is 24.9. The minimum absolute atomic E-state index is 0.175. The van der Waals surface area contributed by atoms with E-state index >= 15 is 0 Å². The van der Waals surface area contributed by atoms with Gasteiger partial charge in [-0.05, 0) is 55.5 Å². The molecule has 0 radical (unpaired) electrons. The highest BCUT2D eigenvalue weighted by atomic mass is 35.5. The van der Waals surface area contributed by atoms with Gasteiger partial charge < -0.3 is 10.6 Å². The minimum Gasteiger partial charge on any atom is -0.325 e. The van der Waals surface area contributed by atoms with Crippen LogP contribution in [0.5, 0.6) is 0 Å². The molecule has 6 nitrogen and oxygen atoms in total. The van der Waals surface area contributed by atoms with E-state index in [1.807, 2.05) is 6.92 Å². The third-order valence-corrected chi connectivity index (χ3v) is 6.51. The lowest BCUT2D eigenvalue weighted by Gasteiger charge is -2.12. The minimum atomic E-state index is -3.59. The highest BCUT2D eigenvalue weighted by Crippen LogP contribution is 2.20. The molecule has 3 aromatic carbocycles. The summed E-state index contributed by atoms with van der Waals surface area (Å²) in [5.74, 6) is -1.24. The van der Waals surface area contributed by atoms with Crippen molar-refractivity contribution < 1.29 is 18.0 Å². The summed E-state index contributed by atoms with van der Waals surface area (Å²) in [6.07, 6.45) is -0.233. The number of nitrogens with one attached hydrogen (secondary N) is 2. The van der Waals surface area contributed by atoms with E-state index in [0.717, 1.165) is 5.56 Å². The van der Waals surface area contributed by atoms with Gasteiger partial charge in [0.2, 0.25) is 5.91 Å². The summed E-state index contributed by atoms with van der Waals surface area (Å²) >= 11 is 5.85. The van der Waals surface area contributed by atoms with E-state index in [-0.39, 0.29) is 22.6 Å². The van der Waals surface area contributed by atoms with E-state index in [2.05, 4.69) is 10.6 Å². The molecule has 0 fully saturated rings. The maximum Gasteiger partial charge on any atom is 0.257 e. The fourth-order valence-corrected chi connectivity index (χ4v) is 4.19. The predicted molar refractivity (Wildman–Crippen MR) is 122 cm³/mol. The first-order valence-electron chi connectivity index (χ1n) is 9.50. The molecule has 0 aliphatic heterocycles. The molecule has 3 aromatic rings. The van der Waals surface area contributed by atoms with E-state index in [4.69, 9.17) is 11.6 Å². The largest absolute Gasteiger partial charge is 0.325 e. The van der Waals surface area contributed by atoms with Crippen LogP contribution < -0.4 is 10.6 Å². The van der Waals surface area contributed by atoms with Crippen LogP contribution in [-0.2, 0) is 14.6 Å². The summed E-state index contributed by atoms with van der Waals surface area (Å²) in [7, 11) is -3.59. The highest BCUT2D eigenvalue weighted by Gasteiger charge is 2.18. The van der Waals surface area contributed by atoms with Gasteiger partial charge in [0.1, 0.15) is 0 Å². The summed E-state index contributed by atoms with van der Waals surface area (Å²) in [4.78, 5) is 25.2.